The van der Waals surface area contributed by atoms with Crippen LogP contribution in [0.4, 0.5) is 0 Å². The Morgan fingerprint density at radius 3 is 2.94 bits per heavy atom. The van der Waals surface area contributed by atoms with E-state index in [1.165, 1.54) is 5.01 Å². The summed E-state index contributed by atoms with van der Waals surface area (Å²) in [5.41, 5.74) is 7.01. The summed E-state index contributed by atoms with van der Waals surface area (Å²) in [5.74, 6) is 0.985. The predicted octanol–water partition coefficient (Wildman–Crippen LogP) is 2.82. The van der Waals surface area contributed by atoms with Crippen molar-refractivity contribution in [1.82, 2.24) is 4.98 Å². The van der Waals surface area contributed by atoms with Crippen molar-refractivity contribution < 1.29 is 4.74 Å². The van der Waals surface area contributed by atoms with Crippen LogP contribution in [0.1, 0.15) is 37.0 Å². The first-order valence-corrected chi connectivity index (χ1v) is 7.36. The van der Waals surface area contributed by atoms with E-state index in [0.29, 0.717) is 11.9 Å². The summed E-state index contributed by atoms with van der Waals surface area (Å²) in [7, 11) is 1.69. The van der Waals surface area contributed by atoms with Crippen LogP contribution in [0.15, 0.2) is 5.38 Å². The molecule has 2 N–H and O–H groups in total. The van der Waals surface area contributed by atoms with Crippen LogP contribution in [-0.4, -0.2) is 24.0 Å². The number of aromatic nitrogens is 1. The fourth-order valence-electron chi connectivity index (χ4n) is 1.19. The van der Waals surface area contributed by atoms with Crippen molar-refractivity contribution >= 4 is 23.1 Å². The molecule has 0 spiro atoms. The number of thioether (sulfide) groups is 1. The Labute approximate surface area is 106 Å². The molecule has 1 rings (SSSR count). The van der Waals surface area contributed by atoms with E-state index in [4.69, 9.17) is 10.5 Å². The van der Waals surface area contributed by atoms with Crippen LogP contribution in [0.5, 0.6) is 0 Å². The molecule has 16 heavy (non-hydrogen) atoms. The molecule has 1 unspecified atom stereocenters. The molecule has 0 saturated heterocycles. The maximum absolute atomic E-state index is 6.01. The molecule has 1 heterocycles. The van der Waals surface area contributed by atoms with E-state index >= 15 is 0 Å². The van der Waals surface area contributed by atoms with Gasteiger partial charge in [0.1, 0.15) is 5.01 Å². The second kappa shape index (κ2) is 7.27. The van der Waals surface area contributed by atoms with Crippen LogP contribution in [0.25, 0.3) is 0 Å². The molecule has 1 atom stereocenters. The highest BCUT2D eigenvalue weighted by Crippen LogP contribution is 2.23. The molecule has 0 aromatic carbocycles. The van der Waals surface area contributed by atoms with Gasteiger partial charge in [0.15, 0.2) is 0 Å². The molecule has 3 nitrogen and oxygen atoms in total. The quantitative estimate of drug-likeness (QED) is 0.819. The highest BCUT2D eigenvalue weighted by Gasteiger charge is 2.10. The van der Waals surface area contributed by atoms with Gasteiger partial charge in [-0.2, -0.15) is 11.8 Å². The highest BCUT2D eigenvalue weighted by molar-refractivity contribution is 7.99. The number of hydrogen-bond acceptors (Lipinski definition) is 5. The molecule has 0 aliphatic carbocycles. The van der Waals surface area contributed by atoms with Gasteiger partial charge in [0.2, 0.25) is 0 Å². The first-order chi connectivity index (χ1) is 7.63. The van der Waals surface area contributed by atoms with Crippen molar-refractivity contribution in [3.05, 3.63) is 16.1 Å². The van der Waals surface area contributed by atoms with E-state index in [2.05, 4.69) is 24.2 Å². The van der Waals surface area contributed by atoms with Crippen LogP contribution >= 0.6 is 23.1 Å². The first kappa shape index (κ1) is 14.0. The van der Waals surface area contributed by atoms with Gasteiger partial charge in [0.25, 0.3) is 0 Å². The van der Waals surface area contributed by atoms with Crippen LogP contribution in [0.2, 0.25) is 0 Å². The summed E-state index contributed by atoms with van der Waals surface area (Å²) in [6.45, 7) is 5.09. The lowest BCUT2D eigenvalue weighted by atomic mass is 10.2. The Balaban J connectivity index is 2.43. The summed E-state index contributed by atoms with van der Waals surface area (Å²) >= 11 is 3.61. The molecule has 92 valence electrons. The van der Waals surface area contributed by atoms with Crippen molar-refractivity contribution in [2.24, 2.45) is 5.73 Å². The third-order valence-electron chi connectivity index (χ3n) is 2.12. The Hall–Kier alpha value is -0.100. The lowest BCUT2D eigenvalue weighted by molar-refractivity contribution is 0.188. The van der Waals surface area contributed by atoms with Gasteiger partial charge in [-0.1, -0.05) is 13.8 Å². The van der Waals surface area contributed by atoms with E-state index in [0.717, 1.165) is 17.9 Å². The minimum atomic E-state index is 0.00833. The standard InChI is InChI=1S/C11H20N2OS2/c1-8(2)15-7-11-13-10(6-16-11)9(12)4-5-14-3/h6,8-9H,4-5,7,12H2,1-3H3. The fourth-order valence-corrected chi connectivity index (χ4v) is 2.85. The van der Waals surface area contributed by atoms with Crippen molar-refractivity contribution in [3.8, 4) is 0 Å². The number of thiazole rings is 1. The van der Waals surface area contributed by atoms with Gasteiger partial charge in [0.05, 0.1) is 11.7 Å². The Bertz CT molecular complexity index is 302. The largest absolute Gasteiger partial charge is 0.385 e. The lowest BCUT2D eigenvalue weighted by Crippen LogP contribution is -2.13. The normalized spacial score (nSPS) is 13.3. The predicted molar refractivity (Wildman–Crippen MR) is 72.0 cm³/mol. The number of methoxy groups -OCH3 is 1. The average Bonchev–Trinajstić information content (AvgIpc) is 2.71. The molecule has 5 heteroatoms. The topological polar surface area (TPSA) is 48.1 Å². The maximum atomic E-state index is 6.01. The molecular weight excluding hydrogens is 240 g/mol. The number of rotatable bonds is 7. The zero-order valence-corrected chi connectivity index (χ0v) is 11.7. The first-order valence-electron chi connectivity index (χ1n) is 5.44. The Morgan fingerprint density at radius 1 is 1.56 bits per heavy atom. The summed E-state index contributed by atoms with van der Waals surface area (Å²) in [5, 5.41) is 3.88. The molecule has 0 bridgehead atoms. The van der Waals surface area contributed by atoms with E-state index < -0.39 is 0 Å². The van der Waals surface area contributed by atoms with Gasteiger partial charge >= 0.3 is 0 Å². The van der Waals surface area contributed by atoms with Gasteiger partial charge in [-0.3, -0.25) is 0 Å². The third kappa shape index (κ3) is 4.82. The van der Waals surface area contributed by atoms with E-state index in [1.54, 1.807) is 18.4 Å². The van der Waals surface area contributed by atoms with Gasteiger partial charge in [-0.15, -0.1) is 11.3 Å². The molecule has 0 aliphatic heterocycles. The van der Waals surface area contributed by atoms with E-state index in [1.807, 2.05) is 11.8 Å². The van der Waals surface area contributed by atoms with Gasteiger partial charge in [0, 0.05) is 24.8 Å². The zero-order chi connectivity index (χ0) is 12.0. The molecule has 0 aliphatic rings. The number of ether oxygens (including phenoxy) is 1. The number of hydrogen-bond donors (Lipinski definition) is 1. The van der Waals surface area contributed by atoms with Crippen LogP contribution in [0.3, 0.4) is 0 Å². The van der Waals surface area contributed by atoms with Crippen molar-refractivity contribution in [2.45, 2.75) is 37.3 Å². The van der Waals surface area contributed by atoms with E-state index in [-0.39, 0.29) is 6.04 Å². The SMILES string of the molecule is COCCC(N)c1csc(CSC(C)C)n1. The third-order valence-corrected chi connectivity index (χ3v) is 4.28. The molecule has 0 amide bonds. The van der Waals surface area contributed by atoms with Gasteiger partial charge < -0.3 is 10.5 Å². The molecule has 0 fully saturated rings. The fraction of sp³-hybridized carbons (Fsp3) is 0.727. The average molecular weight is 260 g/mol. The Morgan fingerprint density at radius 2 is 2.31 bits per heavy atom. The number of nitrogens with zero attached hydrogens (tertiary/aromatic N) is 1. The molecule has 1 aromatic heterocycles. The molecule has 0 saturated carbocycles. The summed E-state index contributed by atoms with van der Waals surface area (Å²) < 4.78 is 5.01. The second-order valence-corrected chi connectivity index (χ2v) is 6.42. The van der Waals surface area contributed by atoms with Crippen molar-refractivity contribution in [3.63, 3.8) is 0 Å². The Kier molecular flexibility index (Phi) is 6.34. The second-order valence-electron chi connectivity index (χ2n) is 3.91. The summed E-state index contributed by atoms with van der Waals surface area (Å²) in [4.78, 5) is 4.55. The maximum Gasteiger partial charge on any atom is 0.103 e. The van der Waals surface area contributed by atoms with Crippen molar-refractivity contribution in [1.29, 1.82) is 0 Å². The highest BCUT2D eigenvalue weighted by atomic mass is 32.2. The van der Waals surface area contributed by atoms with Crippen LogP contribution in [-0.2, 0) is 10.5 Å². The van der Waals surface area contributed by atoms with Crippen molar-refractivity contribution in [2.75, 3.05) is 13.7 Å². The van der Waals surface area contributed by atoms with Gasteiger partial charge in [-0.25, -0.2) is 4.98 Å². The molecule has 0 radical (unpaired) electrons. The zero-order valence-electron chi connectivity index (χ0n) is 10.1. The van der Waals surface area contributed by atoms with Crippen LogP contribution in [0, 0.1) is 0 Å². The van der Waals surface area contributed by atoms with E-state index in [9.17, 15) is 0 Å². The molecular formula is C11H20N2OS2. The summed E-state index contributed by atoms with van der Waals surface area (Å²) in [6, 6.07) is 0.00833. The van der Waals surface area contributed by atoms with Crippen LogP contribution < -0.4 is 5.73 Å². The minimum absolute atomic E-state index is 0.00833. The molecule has 1 aromatic rings. The monoisotopic (exact) mass is 260 g/mol. The minimum Gasteiger partial charge on any atom is -0.385 e. The van der Waals surface area contributed by atoms with Gasteiger partial charge in [-0.05, 0) is 11.7 Å². The lowest BCUT2D eigenvalue weighted by Gasteiger charge is -2.07. The smallest absolute Gasteiger partial charge is 0.103 e. The summed E-state index contributed by atoms with van der Waals surface area (Å²) in [6.07, 6.45) is 0.830. The number of nitrogens with two attached hydrogens (primary N) is 1.